The molecule has 0 saturated carbocycles. The Labute approximate surface area is 100 Å². The van der Waals surface area contributed by atoms with Gasteiger partial charge in [0.1, 0.15) is 13.2 Å². The summed E-state index contributed by atoms with van der Waals surface area (Å²) < 4.78 is 4.16. The second kappa shape index (κ2) is 9.99. The van der Waals surface area contributed by atoms with E-state index in [1.165, 1.54) is 0 Å². The summed E-state index contributed by atoms with van der Waals surface area (Å²) in [6.07, 6.45) is -2.54. The second-order valence-corrected chi connectivity index (χ2v) is 2.73. The van der Waals surface area contributed by atoms with Crippen molar-refractivity contribution < 1.29 is 49.4 Å². The van der Waals surface area contributed by atoms with Gasteiger partial charge in [0, 0.05) is 0 Å². The van der Waals surface area contributed by atoms with Crippen molar-refractivity contribution in [2.24, 2.45) is 0 Å². The lowest BCUT2D eigenvalue weighted by atomic mass is 10.3. The fraction of sp³-hybridized carbons (Fsp3) is 0.500. The Bertz CT molecular complexity index is 295. The smallest absolute Gasteiger partial charge is 0.333 e. The summed E-state index contributed by atoms with van der Waals surface area (Å²) in [7, 11) is 0. The molecule has 18 heavy (non-hydrogen) atoms. The lowest BCUT2D eigenvalue weighted by molar-refractivity contribution is -0.153. The summed E-state index contributed by atoms with van der Waals surface area (Å²) in [4.78, 5) is 38.7. The number of carboxylic acids is 4. The minimum Gasteiger partial charge on any atom is -0.481 e. The maximum Gasteiger partial charge on any atom is 0.333 e. The number of aliphatic carboxylic acids is 4. The van der Waals surface area contributed by atoms with Crippen LogP contribution in [0.4, 0.5) is 0 Å². The van der Waals surface area contributed by atoms with Crippen LogP contribution in [0.3, 0.4) is 0 Å². The van der Waals surface area contributed by atoms with Crippen molar-refractivity contribution in [1.82, 2.24) is 0 Å². The number of carbonyl (C=O) groups is 4. The zero-order chi connectivity index (χ0) is 14.7. The van der Waals surface area contributed by atoms with Crippen LogP contribution in [0.2, 0.25) is 0 Å². The number of rotatable bonds is 7. The van der Waals surface area contributed by atoms with E-state index in [9.17, 15) is 19.2 Å². The van der Waals surface area contributed by atoms with Crippen LogP contribution in [0.15, 0.2) is 0 Å². The minimum atomic E-state index is -1.79. The van der Waals surface area contributed by atoms with E-state index in [1.54, 1.807) is 0 Å². The number of carboxylic acid groups (broad SMARTS) is 4. The number of hydrogen-bond donors (Lipinski definition) is 5. The third-order valence-corrected chi connectivity index (χ3v) is 1.10. The van der Waals surface area contributed by atoms with Crippen LogP contribution in [0.5, 0.6) is 0 Å². The SMILES string of the molecule is O=C(O)CC(O)C(=O)O.O=C(O)COCC(=O)O. The van der Waals surface area contributed by atoms with Gasteiger partial charge in [-0.1, -0.05) is 0 Å². The Kier molecular flexibility index (Phi) is 10.1. The molecule has 104 valence electrons. The third kappa shape index (κ3) is 16.2. The molecule has 0 aliphatic rings. The van der Waals surface area contributed by atoms with Gasteiger partial charge in [-0.3, -0.25) is 4.79 Å². The van der Waals surface area contributed by atoms with E-state index in [0.717, 1.165) is 0 Å². The van der Waals surface area contributed by atoms with Crippen LogP contribution in [-0.4, -0.2) is 68.7 Å². The quantitative estimate of drug-likeness (QED) is 0.349. The largest absolute Gasteiger partial charge is 0.481 e. The van der Waals surface area contributed by atoms with E-state index in [0.29, 0.717) is 0 Å². The lowest BCUT2D eigenvalue weighted by Crippen LogP contribution is -2.22. The van der Waals surface area contributed by atoms with Gasteiger partial charge in [0.05, 0.1) is 6.42 Å². The van der Waals surface area contributed by atoms with Crippen molar-refractivity contribution in [2.45, 2.75) is 12.5 Å². The van der Waals surface area contributed by atoms with E-state index in [-0.39, 0.29) is 0 Å². The standard InChI is InChI=1S/2C4H6O5/c5-3(6)1-9-2-4(7)8;5-2(4(8)9)1-3(6)7/h1-2H2,(H,5,6)(H,7,8);2,5H,1H2,(H,6,7)(H,8,9). The summed E-state index contributed by atoms with van der Waals surface area (Å²) in [6.45, 7) is -1.13. The average molecular weight is 268 g/mol. The Morgan fingerprint density at radius 3 is 1.39 bits per heavy atom. The molecule has 0 radical (unpaired) electrons. The maximum absolute atomic E-state index is 9.72. The molecule has 0 aliphatic carbocycles. The Morgan fingerprint density at radius 1 is 0.833 bits per heavy atom. The molecule has 0 amide bonds. The summed E-state index contributed by atoms with van der Waals surface area (Å²) >= 11 is 0. The molecule has 0 bridgehead atoms. The summed E-state index contributed by atoms with van der Waals surface area (Å²) in [6, 6.07) is 0. The van der Waals surface area contributed by atoms with E-state index in [2.05, 4.69) is 4.74 Å². The van der Waals surface area contributed by atoms with Gasteiger partial charge in [0.25, 0.3) is 0 Å². The van der Waals surface area contributed by atoms with Gasteiger partial charge in [-0.15, -0.1) is 0 Å². The molecule has 0 spiro atoms. The topological polar surface area (TPSA) is 179 Å². The molecule has 0 fully saturated rings. The van der Waals surface area contributed by atoms with Gasteiger partial charge in [-0.25, -0.2) is 14.4 Å². The van der Waals surface area contributed by atoms with Crippen LogP contribution < -0.4 is 0 Å². The highest BCUT2D eigenvalue weighted by atomic mass is 16.5. The number of aliphatic hydroxyl groups excluding tert-OH is 1. The fourth-order valence-electron chi connectivity index (χ4n) is 0.478. The molecule has 0 aromatic heterocycles. The van der Waals surface area contributed by atoms with Crippen molar-refractivity contribution >= 4 is 23.9 Å². The molecule has 0 aromatic carbocycles. The van der Waals surface area contributed by atoms with Gasteiger partial charge < -0.3 is 30.3 Å². The van der Waals surface area contributed by atoms with Gasteiger partial charge >= 0.3 is 23.9 Å². The number of ether oxygens (including phenoxy) is 1. The zero-order valence-corrected chi connectivity index (χ0v) is 8.98. The molecule has 0 heterocycles. The second-order valence-electron chi connectivity index (χ2n) is 2.73. The van der Waals surface area contributed by atoms with Crippen molar-refractivity contribution in [3.05, 3.63) is 0 Å². The summed E-state index contributed by atoms with van der Waals surface area (Å²) in [5.74, 6) is -5.19. The first kappa shape index (κ1) is 18.2. The lowest BCUT2D eigenvalue weighted by Gasteiger charge is -1.97. The van der Waals surface area contributed by atoms with E-state index in [1.807, 2.05) is 0 Å². The van der Waals surface area contributed by atoms with Crippen molar-refractivity contribution in [3.8, 4) is 0 Å². The van der Waals surface area contributed by atoms with Crippen LogP contribution in [0, 0.1) is 0 Å². The first-order valence-electron chi connectivity index (χ1n) is 4.30. The molecule has 10 nitrogen and oxygen atoms in total. The Morgan fingerprint density at radius 2 is 1.22 bits per heavy atom. The molecule has 0 rings (SSSR count). The highest BCUT2D eigenvalue weighted by Crippen LogP contribution is 1.89. The van der Waals surface area contributed by atoms with E-state index >= 15 is 0 Å². The molecule has 5 N–H and O–H groups in total. The average Bonchev–Trinajstić information content (AvgIpc) is 2.15. The first-order chi connectivity index (χ1) is 8.16. The highest BCUT2D eigenvalue weighted by molar-refractivity contribution is 5.79. The minimum absolute atomic E-state index is 0.563. The summed E-state index contributed by atoms with van der Waals surface area (Å²) in [5.41, 5.74) is 0. The molecule has 0 aliphatic heterocycles. The first-order valence-corrected chi connectivity index (χ1v) is 4.30. The highest BCUT2D eigenvalue weighted by Gasteiger charge is 2.16. The number of aliphatic hydroxyl groups is 1. The van der Waals surface area contributed by atoms with Crippen molar-refractivity contribution in [2.75, 3.05) is 13.2 Å². The van der Waals surface area contributed by atoms with Crippen LogP contribution in [0.25, 0.3) is 0 Å². The number of hydrogen-bond acceptors (Lipinski definition) is 6. The monoisotopic (exact) mass is 268 g/mol. The Balaban J connectivity index is 0. The zero-order valence-electron chi connectivity index (χ0n) is 8.98. The molecule has 1 unspecified atom stereocenters. The molecule has 10 heteroatoms. The molecule has 1 atom stereocenters. The predicted octanol–water partition coefficient (Wildman–Crippen LogP) is -1.92. The molecule has 0 aromatic rings. The van der Waals surface area contributed by atoms with E-state index < -0.39 is 49.6 Å². The predicted molar refractivity (Wildman–Crippen MR) is 52.0 cm³/mol. The molecular formula is C8H12O10. The van der Waals surface area contributed by atoms with Crippen molar-refractivity contribution in [1.29, 1.82) is 0 Å². The van der Waals surface area contributed by atoms with Gasteiger partial charge in [-0.05, 0) is 0 Å². The van der Waals surface area contributed by atoms with Gasteiger partial charge in [-0.2, -0.15) is 0 Å². The van der Waals surface area contributed by atoms with Crippen LogP contribution in [-0.2, 0) is 23.9 Å². The molecule has 0 saturated heterocycles. The van der Waals surface area contributed by atoms with Gasteiger partial charge in [0.2, 0.25) is 0 Å². The van der Waals surface area contributed by atoms with Gasteiger partial charge in [0.15, 0.2) is 6.10 Å². The van der Waals surface area contributed by atoms with Crippen molar-refractivity contribution in [3.63, 3.8) is 0 Å². The normalized spacial score (nSPS) is 10.7. The fourth-order valence-corrected chi connectivity index (χ4v) is 0.478. The van der Waals surface area contributed by atoms with Crippen LogP contribution in [0.1, 0.15) is 6.42 Å². The molecular weight excluding hydrogens is 256 g/mol. The maximum atomic E-state index is 9.72. The third-order valence-electron chi connectivity index (χ3n) is 1.10. The van der Waals surface area contributed by atoms with E-state index in [4.69, 9.17) is 25.5 Å². The Hall–Kier alpha value is -2.20. The summed E-state index contributed by atoms with van der Waals surface area (Å²) in [5, 5.41) is 40.0. The van der Waals surface area contributed by atoms with Crippen LogP contribution >= 0.6 is 0 Å².